The van der Waals surface area contributed by atoms with Crippen LogP contribution in [0.4, 0.5) is 5.69 Å². The number of hydrogen-bond acceptors (Lipinski definition) is 6. The Labute approximate surface area is 195 Å². The Morgan fingerprint density at radius 2 is 1.78 bits per heavy atom. The number of phenolic OH excluding ortho intramolecular Hbond substituents is 1. The standard InChI is InChI=1S/C25H21N3O2S2/c1-17-8-5-6-9-18(17)16-31-25-26-15-22(32-21-12-3-2-4-13-21)23(28-25)24(30)27-19-10-7-11-20(29)14-19/h2-15,29H,16H2,1H3,(H,27,30). The van der Waals surface area contributed by atoms with Crippen LogP contribution in [0.2, 0.25) is 0 Å². The Morgan fingerprint density at radius 3 is 2.56 bits per heavy atom. The van der Waals surface area contributed by atoms with Crippen LogP contribution >= 0.6 is 23.5 Å². The van der Waals surface area contributed by atoms with Gasteiger partial charge in [0.05, 0.1) is 4.90 Å². The summed E-state index contributed by atoms with van der Waals surface area (Å²) in [6.07, 6.45) is 1.70. The second-order valence-corrected chi connectivity index (χ2v) is 9.06. The molecule has 3 aromatic carbocycles. The van der Waals surface area contributed by atoms with Gasteiger partial charge in [-0.15, -0.1) is 0 Å². The Kier molecular flexibility index (Phi) is 7.09. The molecule has 5 nitrogen and oxygen atoms in total. The minimum atomic E-state index is -0.353. The Morgan fingerprint density at radius 1 is 1.00 bits per heavy atom. The molecule has 0 fully saturated rings. The Bertz CT molecular complexity index is 1230. The molecule has 160 valence electrons. The first-order chi connectivity index (χ1) is 15.6. The van der Waals surface area contributed by atoms with Crippen molar-refractivity contribution < 1.29 is 9.90 Å². The van der Waals surface area contributed by atoms with Crippen LogP contribution in [-0.2, 0) is 5.75 Å². The predicted octanol–water partition coefficient (Wildman–Crippen LogP) is 6.19. The number of hydrogen-bond donors (Lipinski definition) is 2. The van der Waals surface area contributed by atoms with E-state index in [0.29, 0.717) is 27.2 Å². The van der Waals surface area contributed by atoms with Crippen LogP contribution in [0.5, 0.6) is 5.75 Å². The lowest BCUT2D eigenvalue weighted by Gasteiger charge is -2.11. The normalized spacial score (nSPS) is 10.7. The quantitative estimate of drug-likeness (QED) is 0.254. The number of anilines is 1. The van der Waals surface area contributed by atoms with Gasteiger partial charge in [-0.2, -0.15) is 0 Å². The van der Waals surface area contributed by atoms with E-state index in [4.69, 9.17) is 0 Å². The van der Waals surface area contributed by atoms with Gasteiger partial charge in [0.15, 0.2) is 5.16 Å². The van der Waals surface area contributed by atoms with Gasteiger partial charge in [0, 0.05) is 28.6 Å². The number of phenols is 1. The molecule has 0 aliphatic rings. The van der Waals surface area contributed by atoms with Crippen LogP contribution in [0.15, 0.2) is 100 Å². The zero-order valence-electron chi connectivity index (χ0n) is 17.4. The van der Waals surface area contributed by atoms with Gasteiger partial charge < -0.3 is 10.4 Å². The number of nitrogens with one attached hydrogen (secondary N) is 1. The summed E-state index contributed by atoms with van der Waals surface area (Å²) in [4.78, 5) is 23.8. The fourth-order valence-electron chi connectivity index (χ4n) is 2.97. The Balaban J connectivity index is 1.60. The van der Waals surface area contributed by atoms with Gasteiger partial charge in [0.25, 0.3) is 5.91 Å². The second-order valence-electron chi connectivity index (χ2n) is 7.00. The number of aromatic hydroxyl groups is 1. The van der Waals surface area contributed by atoms with E-state index < -0.39 is 0 Å². The van der Waals surface area contributed by atoms with Crippen LogP contribution in [0.25, 0.3) is 0 Å². The third-order valence-electron chi connectivity index (χ3n) is 4.64. The van der Waals surface area contributed by atoms with E-state index >= 15 is 0 Å². The summed E-state index contributed by atoms with van der Waals surface area (Å²) >= 11 is 2.93. The lowest BCUT2D eigenvalue weighted by molar-refractivity contribution is 0.101. The number of carbonyl (C=O) groups is 1. The molecule has 0 saturated heterocycles. The van der Waals surface area contributed by atoms with Crippen molar-refractivity contribution in [3.05, 3.63) is 102 Å². The fourth-order valence-corrected chi connectivity index (χ4v) is 4.74. The smallest absolute Gasteiger partial charge is 0.275 e. The van der Waals surface area contributed by atoms with Crippen LogP contribution in [0.1, 0.15) is 21.6 Å². The van der Waals surface area contributed by atoms with Crippen molar-refractivity contribution in [3.63, 3.8) is 0 Å². The van der Waals surface area contributed by atoms with Crippen LogP contribution in [0.3, 0.4) is 0 Å². The van der Waals surface area contributed by atoms with Crippen molar-refractivity contribution in [1.29, 1.82) is 0 Å². The number of rotatable bonds is 7. The van der Waals surface area contributed by atoms with Crippen molar-refractivity contribution in [3.8, 4) is 5.75 Å². The summed E-state index contributed by atoms with van der Waals surface area (Å²) in [5.41, 5.74) is 3.20. The molecule has 0 radical (unpaired) electrons. The predicted molar refractivity (Wildman–Crippen MR) is 129 cm³/mol. The summed E-state index contributed by atoms with van der Waals surface area (Å²) in [5, 5.41) is 13.1. The molecular weight excluding hydrogens is 438 g/mol. The summed E-state index contributed by atoms with van der Waals surface area (Å²) < 4.78 is 0. The van der Waals surface area contributed by atoms with Gasteiger partial charge in [-0.25, -0.2) is 9.97 Å². The minimum absolute atomic E-state index is 0.0823. The first-order valence-corrected chi connectivity index (χ1v) is 11.8. The molecule has 32 heavy (non-hydrogen) atoms. The van der Waals surface area contributed by atoms with E-state index in [-0.39, 0.29) is 11.7 Å². The number of benzene rings is 3. The molecule has 0 atom stereocenters. The molecule has 0 aliphatic heterocycles. The average molecular weight is 460 g/mol. The molecule has 4 rings (SSSR count). The van der Waals surface area contributed by atoms with Gasteiger partial charge in [-0.1, -0.05) is 72.1 Å². The van der Waals surface area contributed by atoms with Crippen LogP contribution in [-0.4, -0.2) is 21.0 Å². The highest BCUT2D eigenvalue weighted by Crippen LogP contribution is 2.31. The number of nitrogens with zero attached hydrogens (tertiary/aromatic N) is 2. The molecular formula is C25H21N3O2S2. The lowest BCUT2D eigenvalue weighted by atomic mass is 10.1. The molecule has 1 amide bonds. The number of aryl methyl sites for hydroxylation is 1. The van der Waals surface area contributed by atoms with E-state index in [2.05, 4.69) is 34.3 Å². The first-order valence-electron chi connectivity index (χ1n) is 9.96. The van der Waals surface area contributed by atoms with Crippen LogP contribution in [0, 0.1) is 6.92 Å². The molecule has 0 spiro atoms. The third kappa shape index (κ3) is 5.69. The van der Waals surface area contributed by atoms with Gasteiger partial charge in [-0.3, -0.25) is 4.79 Å². The molecule has 0 unspecified atom stereocenters. The molecule has 4 aromatic rings. The van der Waals surface area contributed by atoms with E-state index in [1.165, 1.54) is 40.7 Å². The summed E-state index contributed by atoms with van der Waals surface area (Å²) in [6, 6.07) is 24.4. The van der Waals surface area contributed by atoms with E-state index in [1.807, 2.05) is 42.5 Å². The largest absolute Gasteiger partial charge is 0.508 e. The van der Waals surface area contributed by atoms with Gasteiger partial charge in [0.2, 0.25) is 0 Å². The second kappa shape index (κ2) is 10.3. The number of amides is 1. The van der Waals surface area contributed by atoms with Gasteiger partial charge >= 0.3 is 0 Å². The summed E-state index contributed by atoms with van der Waals surface area (Å²) in [6.45, 7) is 2.07. The average Bonchev–Trinajstić information content (AvgIpc) is 2.80. The van der Waals surface area contributed by atoms with E-state index in [0.717, 1.165) is 4.90 Å². The molecule has 1 heterocycles. The van der Waals surface area contributed by atoms with Crippen molar-refractivity contribution >= 4 is 35.1 Å². The molecule has 1 aromatic heterocycles. The monoisotopic (exact) mass is 459 g/mol. The summed E-state index contributed by atoms with van der Waals surface area (Å²) in [5.74, 6) is 0.443. The maximum absolute atomic E-state index is 13.1. The van der Waals surface area contributed by atoms with Gasteiger partial charge in [0.1, 0.15) is 11.4 Å². The number of carbonyl (C=O) groups excluding carboxylic acids is 1. The SMILES string of the molecule is Cc1ccccc1CSc1ncc(Sc2ccccc2)c(C(=O)Nc2cccc(O)c2)n1. The maximum atomic E-state index is 13.1. The topological polar surface area (TPSA) is 75.1 Å². The van der Waals surface area contributed by atoms with Crippen molar-refractivity contribution in [2.24, 2.45) is 0 Å². The molecule has 2 N–H and O–H groups in total. The number of thioether (sulfide) groups is 1. The van der Waals surface area contributed by atoms with Crippen molar-refractivity contribution in [2.75, 3.05) is 5.32 Å². The zero-order chi connectivity index (χ0) is 22.3. The molecule has 0 bridgehead atoms. The summed E-state index contributed by atoms with van der Waals surface area (Å²) in [7, 11) is 0. The highest BCUT2D eigenvalue weighted by Gasteiger charge is 2.17. The van der Waals surface area contributed by atoms with Crippen molar-refractivity contribution in [1.82, 2.24) is 9.97 Å². The molecule has 0 aliphatic carbocycles. The zero-order valence-corrected chi connectivity index (χ0v) is 19.0. The highest BCUT2D eigenvalue weighted by molar-refractivity contribution is 7.99. The lowest BCUT2D eigenvalue weighted by Crippen LogP contribution is -2.15. The minimum Gasteiger partial charge on any atom is -0.508 e. The first kappa shape index (κ1) is 21.9. The third-order valence-corrected chi connectivity index (χ3v) is 6.58. The van der Waals surface area contributed by atoms with E-state index in [9.17, 15) is 9.90 Å². The van der Waals surface area contributed by atoms with Gasteiger partial charge in [-0.05, 0) is 42.3 Å². The number of aromatic nitrogens is 2. The maximum Gasteiger partial charge on any atom is 0.275 e. The Hall–Kier alpha value is -3.29. The van der Waals surface area contributed by atoms with Crippen molar-refractivity contribution in [2.45, 2.75) is 27.6 Å². The molecule has 7 heteroatoms. The van der Waals surface area contributed by atoms with Crippen LogP contribution < -0.4 is 5.32 Å². The highest BCUT2D eigenvalue weighted by atomic mass is 32.2. The fraction of sp³-hybridized carbons (Fsp3) is 0.0800. The molecule has 0 saturated carbocycles. The van der Waals surface area contributed by atoms with E-state index in [1.54, 1.807) is 24.4 Å².